The van der Waals surface area contributed by atoms with E-state index in [-0.39, 0.29) is 22.9 Å². The van der Waals surface area contributed by atoms with Crippen LogP contribution in [-0.2, 0) is 24.8 Å². The van der Waals surface area contributed by atoms with Gasteiger partial charge < -0.3 is 9.47 Å². The first kappa shape index (κ1) is 21.7. The van der Waals surface area contributed by atoms with Crippen molar-refractivity contribution in [3.8, 4) is 5.75 Å². The maximum absolute atomic E-state index is 12.6. The van der Waals surface area contributed by atoms with Crippen LogP contribution < -0.4 is 9.46 Å². The van der Waals surface area contributed by atoms with Crippen molar-refractivity contribution in [2.75, 3.05) is 39.5 Å². The predicted molar refractivity (Wildman–Crippen MR) is 108 cm³/mol. The van der Waals surface area contributed by atoms with Crippen LogP contribution in [0.5, 0.6) is 5.75 Å². The molecule has 158 valence electrons. The predicted octanol–water partition coefficient (Wildman–Crippen LogP) is 1.37. The van der Waals surface area contributed by atoms with Crippen LogP contribution in [0.25, 0.3) is 0 Å². The van der Waals surface area contributed by atoms with E-state index < -0.39 is 20.0 Å². The van der Waals surface area contributed by atoms with Gasteiger partial charge in [0.1, 0.15) is 12.4 Å². The van der Waals surface area contributed by atoms with Crippen LogP contribution in [-0.4, -0.2) is 60.6 Å². The number of hydrogen-bond donors (Lipinski definition) is 1. The fourth-order valence-corrected chi connectivity index (χ4v) is 5.21. The summed E-state index contributed by atoms with van der Waals surface area (Å²) in [6.45, 7) is 3.53. The van der Waals surface area contributed by atoms with Crippen LogP contribution in [0.3, 0.4) is 0 Å². The Morgan fingerprint density at radius 2 is 1.52 bits per heavy atom. The van der Waals surface area contributed by atoms with Gasteiger partial charge in [0.05, 0.1) is 23.0 Å². The molecule has 1 N–H and O–H groups in total. The summed E-state index contributed by atoms with van der Waals surface area (Å²) in [7, 11) is -7.15. The lowest BCUT2D eigenvalue weighted by atomic mass is 10.2. The highest BCUT2D eigenvalue weighted by Gasteiger charge is 2.26. The van der Waals surface area contributed by atoms with Gasteiger partial charge in [-0.05, 0) is 43.3 Å². The van der Waals surface area contributed by atoms with Crippen LogP contribution in [0, 0.1) is 6.92 Å². The van der Waals surface area contributed by atoms with E-state index in [0.717, 1.165) is 5.56 Å². The average Bonchev–Trinajstić information content (AvgIpc) is 2.72. The van der Waals surface area contributed by atoms with Gasteiger partial charge in [-0.2, -0.15) is 4.31 Å². The molecule has 0 amide bonds. The lowest BCUT2D eigenvalue weighted by Crippen LogP contribution is -2.40. The molecule has 2 aromatic carbocycles. The van der Waals surface area contributed by atoms with Crippen molar-refractivity contribution in [1.82, 2.24) is 9.03 Å². The Morgan fingerprint density at radius 3 is 2.14 bits per heavy atom. The van der Waals surface area contributed by atoms with Gasteiger partial charge in [0.25, 0.3) is 0 Å². The lowest BCUT2D eigenvalue weighted by molar-refractivity contribution is 0.0730. The van der Waals surface area contributed by atoms with Gasteiger partial charge in [0.15, 0.2) is 0 Å². The SMILES string of the molecule is Cc1ccc(S(=O)(=O)NCCOc2ccc(S(=O)(=O)N3CCOCC3)cc2)cc1. The summed E-state index contributed by atoms with van der Waals surface area (Å²) in [4.78, 5) is 0.382. The Balaban J connectivity index is 1.52. The molecule has 0 unspecified atom stereocenters. The maximum Gasteiger partial charge on any atom is 0.243 e. The van der Waals surface area contributed by atoms with E-state index in [9.17, 15) is 16.8 Å². The molecule has 1 heterocycles. The monoisotopic (exact) mass is 440 g/mol. The van der Waals surface area contributed by atoms with Crippen LogP contribution in [0.1, 0.15) is 5.56 Å². The third kappa shape index (κ3) is 5.55. The lowest BCUT2D eigenvalue weighted by Gasteiger charge is -2.26. The number of aryl methyl sites for hydroxylation is 1. The van der Waals surface area contributed by atoms with Gasteiger partial charge in [0, 0.05) is 19.6 Å². The third-order valence-corrected chi connectivity index (χ3v) is 7.82. The van der Waals surface area contributed by atoms with Gasteiger partial charge in [-0.3, -0.25) is 0 Å². The molecule has 0 spiro atoms. The number of sulfonamides is 2. The van der Waals surface area contributed by atoms with Gasteiger partial charge in [0.2, 0.25) is 20.0 Å². The highest BCUT2D eigenvalue weighted by molar-refractivity contribution is 7.89. The second-order valence-electron chi connectivity index (χ2n) is 6.55. The molecule has 0 atom stereocenters. The molecule has 1 aliphatic rings. The van der Waals surface area contributed by atoms with E-state index in [0.29, 0.717) is 32.1 Å². The molecule has 0 aliphatic carbocycles. The van der Waals surface area contributed by atoms with E-state index >= 15 is 0 Å². The van der Waals surface area contributed by atoms with Gasteiger partial charge >= 0.3 is 0 Å². The number of rotatable bonds is 8. The Morgan fingerprint density at radius 1 is 0.931 bits per heavy atom. The van der Waals surface area contributed by atoms with Crippen LogP contribution >= 0.6 is 0 Å². The standard InChI is InChI=1S/C19H24N2O6S2/c1-16-2-6-18(7-3-16)28(22,23)20-10-13-27-17-4-8-19(9-5-17)29(24,25)21-11-14-26-15-12-21/h2-9,20H,10-15H2,1H3. The summed E-state index contributed by atoms with van der Waals surface area (Å²) < 4.78 is 64.2. The molecule has 29 heavy (non-hydrogen) atoms. The van der Waals surface area contributed by atoms with Crippen molar-refractivity contribution >= 4 is 20.0 Å². The van der Waals surface area contributed by atoms with E-state index in [4.69, 9.17) is 9.47 Å². The van der Waals surface area contributed by atoms with Crippen molar-refractivity contribution in [2.24, 2.45) is 0 Å². The Bertz CT molecular complexity index is 1010. The smallest absolute Gasteiger partial charge is 0.243 e. The molecule has 0 radical (unpaired) electrons. The van der Waals surface area contributed by atoms with Crippen molar-refractivity contribution in [2.45, 2.75) is 16.7 Å². The molecule has 10 heteroatoms. The van der Waals surface area contributed by atoms with Crippen molar-refractivity contribution in [1.29, 1.82) is 0 Å². The molecule has 3 rings (SSSR count). The Kier molecular flexibility index (Phi) is 6.91. The number of hydrogen-bond acceptors (Lipinski definition) is 6. The van der Waals surface area contributed by atoms with E-state index in [1.807, 2.05) is 6.92 Å². The molecule has 0 bridgehead atoms. The molecule has 1 fully saturated rings. The highest BCUT2D eigenvalue weighted by atomic mass is 32.2. The summed E-state index contributed by atoms with van der Waals surface area (Å²) in [5, 5.41) is 0. The second-order valence-corrected chi connectivity index (χ2v) is 10.3. The first-order valence-corrected chi connectivity index (χ1v) is 12.1. The number of nitrogens with one attached hydrogen (secondary N) is 1. The number of morpholine rings is 1. The summed E-state index contributed by atoms with van der Waals surface area (Å²) in [5.41, 5.74) is 0.978. The maximum atomic E-state index is 12.6. The van der Waals surface area contributed by atoms with Gasteiger partial charge in [-0.25, -0.2) is 21.6 Å². The minimum atomic E-state index is -3.60. The molecule has 1 saturated heterocycles. The fraction of sp³-hybridized carbons (Fsp3) is 0.368. The van der Waals surface area contributed by atoms with Gasteiger partial charge in [-0.1, -0.05) is 17.7 Å². The third-order valence-electron chi connectivity index (χ3n) is 4.43. The van der Waals surface area contributed by atoms with E-state index in [2.05, 4.69) is 4.72 Å². The van der Waals surface area contributed by atoms with Crippen LogP contribution in [0.15, 0.2) is 58.3 Å². The zero-order chi connectivity index (χ0) is 20.9. The van der Waals surface area contributed by atoms with Crippen molar-refractivity contribution < 1.29 is 26.3 Å². The normalized spacial score (nSPS) is 15.9. The summed E-state index contributed by atoms with van der Waals surface area (Å²) in [6.07, 6.45) is 0. The molecule has 2 aromatic rings. The molecular weight excluding hydrogens is 416 g/mol. The first-order valence-electron chi connectivity index (χ1n) is 9.16. The quantitative estimate of drug-likeness (QED) is 0.622. The summed E-state index contributed by atoms with van der Waals surface area (Å²) in [6, 6.07) is 12.6. The molecule has 8 nitrogen and oxygen atoms in total. The fourth-order valence-electron chi connectivity index (χ4n) is 2.79. The van der Waals surface area contributed by atoms with E-state index in [1.54, 1.807) is 36.4 Å². The molecular formula is C19H24N2O6S2. The minimum Gasteiger partial charge on any atom is -0.492 e. The van der Waals surface area contributed by atoms with Crippen LogP contribution in [0.2, 0.25) is 0 Å². The number of ether oxygens (including phenoxy) is 2. The van der Waals surface area contributed by atoms with Gasteiger partial charge in [-0.15, -0.1) is 0 Å². The number of benzene rings is 2. The number of nitrogens with zero attached hydrogens (tertiary/aromatic N) is 1. The molecule has 1 aliphatic heterocycles. The van der Waals surface area contributed by atoms with E-state index in [1.165, 1.54) is 16.4 Å². The molecule has 0 aromatic heterocycles. The largest absolute Gasteiger partial charge is 0.492 e. The summed E-state index contributed by atoms with van der Waals surface area (Å²) >= 11 is 0. The highest BCUT2D eigenvalue weighted by Crippen LogP contribution is 2.20. The Labute approximate surface area is 171 Å². The topological polar surface area (TPSA) is 102 Å². The van der Waals surface area contributed by atoms with Crippen molar-refractivity contribution in [3.05, 3.63) is 54.1 Å². The zero-order valence-electron chi connectivity index (χ0n) is 16.1. The molecule has 0 saturated carbocycles. The Hall–Kier alpha value is -1.98. The van der Waals surface area contributed by atoms with Crippen molar-refractivity contribution in [3.63, 3.8) is 0 Å². The first-order chi connectivity index (χ1) is 13.8. The minimum absolute atomic E-state index is 0.0873. The van der Waals surface area contributed by atoms with Crippen LogP contribution in [0.4, 0.5) is 0 Å². The summed E-state index contributed by atoms with van der Waals surface area (Å²) in [5.74, 6) is 0.459. The second kappa shape index (κ2) is 9.23. The zero-order valence-corrected chi connectivity index (χ0v) is 17.7. The average molecular weight is 441 g/mol.